The number of Topliss-reactive ketones (excluding diaryl/α,β-unsaturated/α-hetero) is 1. The van der Waals surface area contributed by atoms with Crippen LogP contribution < -0.4 is 36.0 Å². The standard InChI is InChI=1S/C32H36N2O5.C31H34N2O6.C25H24BrNO3.C25H22N2O5/c1-22-10-12-25(34-16-14-32(15-17-34)37-18-19-38-32)21-27(22)29(35)33-28-20-24(23-8-6-5-7-9-23)11-13-26(28)30(36)39-31(2,3)4;1-30(2,3)39-29(36)24-11-9-22(21-7-5-4-6-8-21)19-26(24)32-28(35)25-20-23(10-12-27(25)34)33-15-13-31(14-16-33)37-17-18-38-31;1-16-10-12-19(26)15-21(16)23(28)27-22-14-18(17-8-6-5-7-9-17)11-13-20(22)24(29)30-25(2,3)4;28-19-10-12-27(13-11-19)18-7-9-23(29)21(15-18)24(30)26-22-14-17(6-8-20(22)25(31)32)16-4-2-1-3-5-16/h5-13,20-21H,14-19H2,1-4H3,(H,33,35);4-12,19-20,34H,13-18H2,1-3H3,(H,32,35);5-15H,1-4H3,(H,27,28);1-9,14-15,29H,10-13H2,(H,26,30)(H,31,32). The van der Waals surface area contributed by atoms with E-state index >= 15 is 0 Å². The van der Waals surface area contributed by atoms with Gasteiger partial charge in [0.05, 0.1) is 82.6 Å². The number of halogens is 1. The monoisotopic (exact) mass is 1950 g/mol. The Balaban J connectivity index is 0.000000150. The molecule has 0 atom stereocenters. The van der Waals surface area contributed by atoms with Crippen LogP contribution in [0.3, 0.4) is 0 Å². The Kier molecular flexibility index (Phi) is 32.2. The number of hydrogen-bond donors (Lipinski definition) is 7. The molecule has 0 saturated carbocycles. The molecule has 4 amide bonds. The molecule has 5 saturated heterocycles. The third-order valence-corrected chi connectivity index (χ3v) is 24.5. The van der Waals surface area contributed by atoms with Crippen LogP contribution in [0, 0.1) is 13.8 Å². The maximum Gasteiger partial charge on any atom is 0.340 e. The number of aromatic hydroxyl groups is 2. The van der Waals surface area contributed by atoms with Crippen molar-refractivity contribution in [1.82, 2.24) is 0 Å². The van der Waals surface area contributed by atoms with Crippen molar-refractivity contribution in [2.45, 2.75) is 143 Å². The molecule has 724 valence electrons. The van der Waals surface area contributed by atoms with E-state index in [1.54, 1.807) is 93.6 Å². The third kappa shape index (κ3) is 26.4. The van der Waals surface area contributed by atoms with Crippen LogP contribution >= 0.6 is 15.9 Å². The molecule has 12 aromatic rings. The van der Waals surface area contributed by atoms with E-state index in [0.717, 1.165) is 116 Å². The summed E-state index contributed by atoms with van der Waals surface area (Å²) in [6.07, 6.45) is 3.90. The third-order valence-electron chi connectivity index (χ3n) is 24.0. The van der Waals surface area contributed by atoms with Gasteiger partial charge >= 0.3 is 23.9 Å². The summed E-state index contributed by atoms with van der Waals surface area (Å²) < 4.78 is 41.0. The number of carbonyl (C=O) groups excluding carboxylic acids is 8. The van der Waals surface area contributed by atoms with Crippen LogP contribution in [0.1, 0.15) is 195 Å². The first kappa shape index (κ1) is 101. The number of phenolic OH excluding ortho intramolecular Hbond substituents is 2. The zero-order valence-electron chi connectivity index (χ0n) is 80.3. The van der Waals surface area contributed by atoms with Crippen molar-refractivity contribution in [2.24, 2.45) is 0 Å². The Morgan fingerprint density at radius 1 is 0.321 bits per heavy atom. The number of phenols is 2. The number of carboxylic acid groups (broad SMARTS) is 1. The Bertz CT molecular complexity index is 6320. The van der Waals surface area contributed by atoms with Gasteiger partial charge in [-0.25, -0.2) is 19.2 Å². The van der Waals surface area contributed by atoms with E-state index in [-0.39, 0.29) is 57.0 Å². The molecule has 0 unspecified atom stereocenters. The number of ether oxygens (including phenoxy) is 7. The van der Waals surface area contributed by atoms with E-state index in [2.05, 4.69) is 47.0 Å². The number of benzene rings is 12. The highest BCUT2D eigenvalue weighted by molar-refractivity contribution is 9.10. The number of anilines is 7. The minimum atomic E-state index is -1.17. The van der Waals surface area contributed by atoms with E-state index in [4.69, 9.17) is 33.2 Å². The zero-order valence-corrected chi connectivity index (χ0v) is 81.9. The Morgan fingerprint density at radius 2 is 0.593 bits per heavy atom. The van der Waals surface area contributed by atoms with Crippen LogP contribution in [-0.4, -0.2) is 163 Å². The van der Waals surface area contributed by atoms with Gasteiger partial charge < -0.3 is 84.4 Å². The number of carboxylic acids is 1. The van der Waals surface area contributed by atoms with Gasteiger partial charge in [-0.3, -0.25) is 24.0 Å². The Morgan fingerprint density at radius 3 is 0.907 bits per heavy atom. The number of rotatable bonds is 19. The van der Waals surface area contributed by atoms with Crippen molar-refractivity contribution in [3.8, 4) is 56.0 Å². The number of aryl methyl sites for hydroxylation is 2. The molecule has 140 heavy (non-hydrogen) atoms. The van der Waals surface area contributed by atoms with Crippen molar-refractivity contribution in [3.05, 3.63) is 327 Å². The highest BCUT2D eigenvalue weighted by Crippen LogP contribution is 2.40. The van der Waals surface area contributed by atoms with E-state index in [0.29, 0.717) is 105 Å². The van der Waals surface area contributed by atoms with Crippen molar-refractivity contribution in [3.63, 3.8) is 0 Å². The first-order chi connectivity index (χ1) is 66.8. The predicted octanol–water partition coefficient (Wildman–Crippen LogP) is 22.6. The lowest BCUT2D eigenvalue weighted by Gasteiger charge is -2.38. The fourth-order valence-corrected chi connectivity index (χ4v) is 17.2. The van der Waals surface area contributed by atoms with Gasteiger partial charge in [0.25, 0.3) is 23.6 Å². The molecule has 12 aromatic carbocycles. The molecule has 27 heteroatoms. The molecule has 7 N–H and O–H groups in total. The summed E-state index contributed by atoms with van der Waals surface area (Å²) in [5.41, 5.74) is 12.6. The minimum absolute atomic E-state index is 0.0286. The number of esters is 3. The number of nitrogens with one attached hydrogen (secondary N) is 4. The van der Waals surface area contributed by atoms with Gasteiger partial charge in [-0.05, 0) is 241 Å². The highest BCUT2D eigenvalue weighted by Gasteiger charge is 2.42. The number of aromatic carboxylic acids is 1. The number of hydrogen-bond acceptors (Lipinski definition) is 21. The van der Waals surface area contributed by atoms with E-state index < -0.39 is 64.1 Å². The molecule has 5 aliphatic rings. The second kappa shape index (κ2) is 44.5. The predicted molar refractivity (Wildman–Crippen MR) is 547 cm³/mol. The molecule has 0 aromatic heterocycles. The van der Waals surface area contributed by atoms with Crippen molar-refractivity contribution < 1.29 is 91.6 Å². The van der Waals surface area contributed by atoms with E-state index in [1.165, 1.54) is 18.2 Å². The summed E-state index contributed by atoms with van der Waals surface area (Å²) in [4.78, 5) is 122. The van der Waals surface area contributed by atoms with Crippen molar-refractivity contribution >= 4 is 109 Å². The Labute approximate surface area is 823 Å². The topological polar surface area (TPSA) is 337 Å². The summed E-state index contributed by atoms with van der Waals surface area (Å²) in [5.74, 6) is -5.51. The maximum atomic E-state index is 13.7. The van der Waals surface area contributed by atoms with E-state index in [9.17, 15) is 58.5 Å². The molecule has 0 bridgehead atoms. The quantitative estimate of drug-likeness (QED) is 0.0292. The lowest BCUT2D eigenvalue weighted by Crippen LogP contribution is -2.45. The normalized spacial score (nSPS) is 14.8. The maximum absolute atomic E-state index is 13.7. The first-order valence-corrected chi connectivity index (χ1v) is 47.4. The summed E-state index contributed by atoms with van der Waals surface area (Å²) in [6, 6.07) is 80.6. The molecular weight excluding hydrogens is 1840 g/mol. The molecule has 0 radical (unpaired) electrons. The van der Waals surface area contributed by atoms with Gasteiger partial charge in [0.2, 0.25) is 0 Å². The molecule has 0 aliphatic carbocycles. The molecule has 5 heterocycles. The van der Waals surface area contributed by atoms with Crippen LogP contribution in [0.15, 0.2) is 271 Å². The van der Waals surface area contributed by atoms with Gasteiger partial charge in [-0.2, -0.15) is 0 Å². The largest absolute Gasteiger partial charge is 0.507 e. The first-order valence-electron chi connectivity index (χ1n) is 46.6. The molecule has 2 spiro atoms. The summed E-state index contributed by atoms with van der Waals surface area (Å²) in [6.45, 7) is 26.6. The molecule has 26 nitrogen and oxygen atoms in total. The molecule has 17 rings (SSSR count). The summed E-state index contributed by atoms with van der Waals surface area (Å²) in [5, 5.41) is 41.9. The SMILES string of the molecule is CC(C)(C)OC(=O)c1ccc(-c2ccccc2)cc1NC(=O)c1cc(N2CCC3(CC2)OCCO3)ccc1O.Cc1ccc(Br)cc1C(=O)Nc1cc(-c2ccccc2)ccc1C(=O)OC(C)(C)C.Cc1ccc(N2CCC3(CC2)OCCO3)cc1C(=O)Nc1cc(-c2ccccc2)ccc1C(=O)OC(C)(C)C.O=C1CCN(c2ccc(O)c(C(=O)Nc3cc(-c4ccccc4)ccc3C(=O)O)c2)CC1. The number of carbonyl (C=O) groups is 9. The second-order valence-corrected chi connectivity index (χ2v) is 38.6. The number of amides is 4. The van der Waals surface area contributed by atoms with Gasteiger partial charge in [0, 0.05) is 110 Å². The van der Waals surface area contributed by atoms with Crippen LogP contribution in [0.4, 0.5) is 39.8 Å². The average Bonchev–Trinajstić information content (AvgIpc) is 1.65. The van der Waals surface area contributed by atoms with Crippen LogP contribution in [0.2, 0.25) is 0 Å². The summed E-state index contributed by atoms with van der Waals surface area (Å²) in [7, 11) is 0. The van der Waals surface area contributed by atoms with Gasteiger partial charge in [0.1, 0.15) is 34.1 Å². The van der Waals surface area contributed by atoms with Gasteiger partial charge in [0.15, 0.2) is 11.6 Å². The van der Waals surface area contributed by atoms with Gasteiger partial charge in [-0.15, -0.1) is 0 Å². The van der Waals surface area contributed by atoms with Crippen LogP contribution in [-0.2, 0) is 38.0 Å². The zero-order chi connectivity index (χ0) is 99.8. The fraction of sp³-hybridized carbons (Fsp3) is 0.283. The number of nitrogens with zero attached hydrogens (tertiary/aromatic N) is 3. The minimum Gasteiger partial charge on any atom is -0.507 e. The fourth-order valence-electron chi connectivity index (χ4n) is 16.8. The van der Waals surface area contributed by atoms with Gasteiger partial charge in [-0.1, -0.05) is 174 Å². The van der Waals surface area contributed by atoms with Crippen LogP contribution in [0.25, 0.3) is 44.5 Å². The number of ketones is 1. The average molecular weight is 1960 g/mol. The second-order valence-electron chi connectivity index (χ2n) is 37.7. The number of piperidine rings is 3. The lowest BCUT2D eigenvalue weighted by molar-refractivity contribution is -0.169. The Hall–Kier alpha value is -14.6. The highest BCUT2D eigenvalue weighted by atomic mass is 79.9. The molecule has 5 aliphatic heterocycles. The van der Waals surface area contributed by atoms with Crippen LogP contribution in [0.5, 0.6) is 11.5 Å². The van der Waals surface area contributed by atoms with E-state index in [1.807, 2.05) is 236 Å². The summed E-state index contributed by atoms with van der Waals surface area (Å²) >= 11 is 3.41. The van der Waals surface area contributed by atoms with Crippen molar-refractivity contribution in [1.29, 1.82) is 0 Å². The lowest BCUT2D eigenvalue weighted by atomic mass is 10.0. The smallest absolute Gasteiger partial charge is 0.340 e. The van der Waals surface area contributed by atoms with Crippen molar-refractivity contribution in [2.75, 3.05) is 102 Å². The molecular formula is C113H116BrN7O19. The molecule has 5 fully saturated rings.